The summed E-state index contributed by atoms with van der Waals surface area (Å²) in [4.78, 5) is 10.1. The molecule has 0 saturated carbocycles. The van der Waals surface area contributed by atoms with Crippen molar-refractivity contribution in [1.29, 1.82) is 0 Å². The number of rotatable bonds is 5. The highest BCUT2D eigenvalue weighted by Gasteiger charge is 2.86. The normalized spacial score (nSPS) is 16.4. The van der Waals surface area contributed by atoms with E-state index in [0.717, 1.165) is 0 Å². The second-order valence-electron chi connectivity index (χ2n) is 3.79. The number of halogens is 12. The monoisotopic (exact) mass is 360 g/mol. The maximum atomic E-state index is 12.8. The molecule has 14 heteroatoms. The van der Waals surface area contributed by atoms with Crippen LogP contribution in [-0.2, 0) is 9.53 Å². The maximum absolute atomic E-state index is 12.8. The number of alkyl halides is 12. The van der Waals surface area contributed by atoms with Gasteiger partial charge in [-0.15, -0.1) is 0 Å². The smallest absolute Gasteiger partial charge is 0.396 e. The van der Waals surface area contributed by atoms with E-state index in [1.165, 1.54) is 0 Å². The summed E-state index contributed by atoms with van der Waals surface area (Å²) in [7, 11) is 0. The third-order valence-corrected chi connectivity index (χ3v) is 2.06. The van der Waals surface area contributed by atoms with Crippen LogP contribution in [0.4, 0.5) is 52.7 Å². The topological polar surface area (TPSA) is 26.3 Å². The quantitative estimate of drug-likeness (QED) is 0.548. The molecule has 0 aliphatic heterocycles. The van der Waals surface area contributed by atoms with Crippen LogP contribution in [0, 0.1) is 0 Å². The first-order valence-electron chi connectivity index (χ1n) is 4.74. The number of esters is 1. The Labute approximate surface area is 113 Å². The molecule has 0 aromatic carbocycles. The zero-order valence-electron chi connectivity index (χ0n) is 9.93. The van der Waals surface area contributed by atoms with Crippen molar-refractivity contribution in [2.75, 3.05) is 0 Å². The lowest BCUT2D eigenvalue weighted by Gasteiger charge is -2.36. The molecule has 0 aromatic heterocycles. The minimum atomic E-state index is -7.55. The van der Waals surface area contributed by atoms with E-state index >= 15 is 0 Å². The summed E-state index contributed by atoms with van der Waals surface area (Å²) < 4.78 is 151. The number of hydrogen-bond acceptors (Lipinski definition) is 2. The molecular weight excluding hydrogens is 356 g/mol. The molecule has 0 N–H and O–H groups in total. The molecule has 0 aromatic rings. The van der Waals surface area contributed by atoms with Gasteiger partial charge in [-0.2, -0.15) is 48.3 Å². The van der Waals surface area contributed by atoms with Crippen molar-refractivity contribution in [3.05, 3.63) is 0 Å². The zero-order chi connectivity index (χ0) is 18.4. The van der Waals surface area contributed by atoms with Crippen LogP contribution in [0.2, 0.25) is 0 Å². The van der Waals surface area contributed by atoms with E-state index in [1.807, 2.05) is 0 Å². The fourth-order valence-electron chi connectivity index (χ4n) is 1.00. The summed E-state index contributed by atoms with van der Waals surface area (Å²) in [5, 5.41) is 0. The molecule has 0 aliphatic carbocycles. The molecule has 22 heavy (non-hydrogen) atoms. The molecule has 0 radical (unpaired) electrons. The van der Waals surface area contributed by atoms with E-state index in [9.17, 15) is 57.5 Å². The zero-order valence-corrected chi connectivity index (χ0v) is 9.93. The first kappa shape index (κ1) is 20.6. The minimum absolute atomic E-state index is 0.00600. The van der Waals surface area contributed by atoms with Crippen molar-refractivity contribution < 1.29 is 62.2 Å². The molecule has 0 heterocycles. The third kappa shape index (κ3) is 3.19. The molecule has 0 spiro atoms. The van der Waals surface area contributed by atoms with E-state index in [2.05, 4.69) is 4.74 Å². The standard InChI is InChI=1S/C8H4F12O2/c1-2(21)22-8(19,20)7(17,18)6(15,16)4(10,11)3(9)5(12,13)14/h3H,1H3. The van der Waals surface area contributed by atoms with Crippen LogP contribution in [0.15, 0.2) is 0 Å². The molecule has 0 fully saturated rings. The Kier molecular flexibility index (Phi) is 5.03. The van der Waals surface area contributed by atoms with Gasteiger partial charge < -0.3 is 4.74 Å². The third-order valence-electron chi connectivity index (χ3n) is 2.06. The highest BCUT2D eigenvalue weighted by atomic mass is 19.4. The molecule has 132 valence electrons. The fraction of sp³-hybridized carbons (Fsp3) is 0.875. The van der Waals surface area contributed by atoms with Gasteiger partial charge >= 0.3 is 36.0 Å². The Hall–Kier alpha value is -1.37. The molecule has 2 nitrogen and oxygen atoms in total. The Bertz CT molecular complexity index is 425. The second-order valence-corrected chi connectivity index (χ2v) is 3.79. The predicted octanol–water partition coefficient (Wildman–Crippen LogP) is 3.95. The van der Waals surface area contributed by atoms with E-state index in [1.54, 1.807) is 0 Å². The minimum Gasteiger partial charge on any atom is -0.396 e. The number of carbonyl (C=O) groups excluding carboxylic acids is 1. The van der Waals surface area contributed by atoms with Crippen LogP contribution >= 0.6 is 0 Å². The summed E-state index contributed by atoms with van der Waals surface area (Å²) >= 11 is 0. The van der Waals surface area contributed by atoms with Crippen LogP contribution < -0.4 is 0 Å². The largest absolute Gasteiger partial charge is 0.473 e. The van der Waals surface area contributed by atoms with E-state index in [0.29, 0.717) is 0 Å². The van der Waals surface area contributed by atoms with Crippen LogP contribution in [0.3, 0.4) is 0 Å². The van der Waals surface area contributed by atoms with Gasteiger partial charge in [0.2, 0.25) is 0 Å². The first-order chi connectivity index (χ1) is 9.32. The van der Waals surface area contributed by atoms with Gasteiger partial charge in [0.15, 0.2) is 0 Å². The first-order valence-corrected chi connectivity index (χ1v) is 4.74. The van der Waals surface area contributed by atoms with Crippen molar-refractivity contribution in [2.45, 2.75) is 43.1 Å². The molecule has 0 bridgehead atoms. The fourth-order valence-corrected chi connectivity index (χ4v) is 1.00. The van der Waals surface area contributed by atoms with Crippen LogP contribution in [0.5, 0.6) is 0 Å². The average Bonchev–Trinajstić information content (AvgIpc) is 2.23. The lowest BCUT2D eigenvalue weighted by atomic mass is 9.99. The molecule has 0 rings (SSSR count). The number of hydrogen-bond donors (Lipinski definition) is 0. The van der Waals surface area contributed by atoms with Gasteiger partial charge in [0.05, 0.1) is 0 Å². The van der Waals surface area contributed by atoms with E-state index in [4.69, 9.17) is 0 Å². The highest BCUT2D eigenvalue weighted by Crippen LogP contribution is 2.56. The molecule has 0 aliphatic rings. The molecular formula is C8H4F12O2. The maximum Gasteiger partial charge on any atom is 0.473 e. The van der Waals surface area contributed by atoms with Gasteiger partial charge in [0, 0.05) is 6.92 Å². The van der Waals surface area contributed by atoms with Crippen molar-refractivity contribution in [1.82, 2.24) is 0 Å². The Morgan fingerprint density at radius 1 is 0.818 bits per heavy atom. The highest BCUT2D eigenvalue weighted by molar-refractivity contribution is 5.66. The molecule has 1 unspecified atom stereocenters. The van der Waals surface area contributed by atoms with E-state index < -0.39 is 42.2 Å². The van der Waals surface area contributed by atoms with Gasteiger partial charge in [-0.3, -0.25) is 4.79 Å². The van der Waals surface area contributed by atoms with Crippen molar-refractivity contribution in [3.63, 3.8) is 0 Å². The molecule has 1 atom stereocenters. The van der Waals surface area contributed by atoms with Crippen molar-refractivity contribution in [2.24, 2.45) is 0 Å². The van der Waals surface area contributed by atoms with Crippen LogP contribution in [0.25, 0.3) is 0 Å². The summed E-state index contributed by atoms with van der Waals surface area (Å²) in [6.45, 7) is -0.00600. The summed E-state index contributed by atoms with van der Waals surface area (Å²) in [5.41, 5.74) is 0. The van der Waals surface area contributed by atoms with E-state index in [-0.39, 0.29) is 6.92 Å². The average molecular weight is 360 g/mol. The Morgan fingerprint density at radius 3 is 1.45 bits per heavy atom. The van der Waals surface area contributed by atoms with Crippen LogP contribution in [-0.4, -0.2) is 42.2 Å². The van der Waals surface area contributed by atoms with Gasteiger partial charge in [0.25, 0.3) is 6.17 Å². The number of ether oxygens (including phenoxy) is 1. The second kappa shape index (κ2) is 5.37. The van der Waals surface area contributed by atoms with Gasteiger partial charge in [-0.1, -0.05) is 0 Å². The molecule has 0 saturated heterocycles. The summed E-state index contributed by atoms with van der Waals surface area (Å²) in [5.74, 6) is -24.5. The van der Waals surface area contributed by atoms with Crippen molar-refractivity contribution in [3.8, 4) is 0 Å². The lowest BCUT2D eigenvalue weighted by molar-refractivity contribution is -0.430. The predicted molar refractivity (Wildman–Crippen MR) is 42.5 cm³/mol. The van der Waals surface area contributed by atoms with Crippen LogP contribution in [0.1, 0.15) is 6.92 Å². The SMILES string of the molecule is CC(=O)OC(F)(F)C(F)(F)C(F)(F)C(F)(F)C(F)C(F)(F)F. The van der Waals surface area contributed by atoms with Gasteiger partial charge in [-0.05, 0) is 0 Å². The van der Waals surface area contributed by atoms with Gasteiger partial charge in [-0.25, -0.2) is 4.39 Å². The Morgan fingerprint density at radius 2 is 1.18 bits per heavy atom. The van der Waals surface area contributed by atoms with Gasteiger partial charge in [0.1, 0.15) is 0 Å². The number of carbonyl (C=O) groups is 1. The lowest BCUT2D eigenvalue weighted by Crippen LogP contribution is -2.67. The molecule has 0 amide bonds. The summed E-state index contributed by atoms with van der Waals surface area (Å²) in [6, 6.07) is 0. The Balaban J connectivity index is 5.93. The van der Waals surface area contributed by atoms with Crippen molar-refractivity contribution >= 4 is 5.97 Å². The summed E-state index contributed by atoms with van der Waals surface area (Å²) in [6.07, 6.45) is -19.3.